The van der Waals surface area contributed by atoms with Crippen molar-refractivity contribution in [1.82, 2.24) is 19.8 Å². The van der Waals surface area contributed by atoms with Crippen LogP contribution < -0.4 is 5.32 Å². The largest absolute Gasteiger partial charge is 0.336 e. The molecule has 118 valence electrons. The second-order valence-electron chi connectivity index (χ2n) is 5.30. The van der Waals surface area contributed by atoms with Crippen LogP contribution in [0.5, 0.6) is 0 Å². The highest BCUT2D eigenvalue weighted by Crippen LogP contribution is 2.20. The van der Waals surface area contributed by atoms with Gasteiger partial charge in [-0.05, 0) is 6.42 Å². The van der Waals surface area contributed by atoms with Gasteiger partial charge >= 0.3 is 0 Å². The Morgan fingerprint density at radius 1 is 1.52 bits per heavy atom. The lowest BCUT2D eigenvalue weighted by atomic mass is 10.1. The van der Waals surface area contributed by atoms with Crippen molar-refractivity contribution in [2.24, 2.45) is 7.05 Å². The van der Waals surface area contributed by atoms with Crippen LogP contribution in [0, 0.1) is 0 Å². The minimum atomic E-state index is -3.32. The average molecular weight is 314 g/mol. The Morgan fingerprint density at radius 2 is 2.29 bits per heavy atom. The van der Waals surface area contributed by atoms with E-state index in [1.54, 1.807) is 18.0 Å². The average Bonchev–Trinajstić information content (AvgIpc) is 2.84. The Kier molecular flexibility index (Phi) is 5.00. The summed E-state index contributed by atoms with van der Waals surface area (Å²) in [6.45, 7) is 3.55. The molecule has 2 rings (SSSR count). The number of nitrogens with zero attached hydrogens (tertiary/aromatic N) is 3. The third-order valence-corrected chi connectivity index (χ3v) is 5.30. The third-order valence-electron chi connectivity index (χ3n) is 3.58. The predicted octanol–water partition coefficient (Wildman–Crippen LogP) is -0.282. The molecular formula is C13H22N4O3S. The Labute approximate surface area is 125 Å². The number of hydrogen-bond acceptors (Lipinski definition) is 5. The van der Waals surface area contributed by atoms with Gasteiger partial charge in [0.05, 0.1) is 5.75 Å². The summed E-state index contributed by atoms with van der Waals surface area (Å²) in [7, 11) is -1.45. The maximum absolute atomic E-state index is 12.4. The van der Waals surface area contributed by atoms with Crippen LogP contribution in [0.3, 0.4) is 0 Å². The van der Waals surface area contributed by atoms with Crippen molar-refractivity contribution in [3.63, 3.8) is 0 Å². The van der Waals surface area contributed by atoms with Gasteiger partial charge in [-0.1, -0.05) is 6.92 Å². The standard InChI is InChI=1S/C13H22N4O3S/c1-3-8-21(19,20)10-12(18)17-7-4-14-9-11(17)13-15-5-6-16(13)2/h5-6,11,14H,3-4,7-10H2,1-2H3. The van der Waals surface area contributed by atoms with E-state index in [4.69, 9.17) is 0 Å². The first kappa shape index (κ1) is 16.0. The van der Waals surface area contributed by atoms with E-state index in [2.05, 4.69) is 10.3 Å². The molecule has 1 aromatic heterocycles. The van der Waals surface area contributed by atoms with Crippen LogP contribution in [-0.4, -0.2) is 59.9 Å². The van der Waals surface area contributed by atoms with E-state index in [0.29, 0.717) is 26.1 Å². The summed E-state index contributed by atoms with van der Waals surface area (Å²) in [5.41, 5.74) is 0. The number of piperazine rings is 1. The van der Waals surface area contributed by atoms with Gasteiger partial charge in [-0.2, -0.15) is 0 Å². The molecule has 1 amide bonds. The van der Waals surface area contributed by atoms with Gasteiger partial charge in [-0.25, -0.2) is 13.4 Å². The molecular weight excluding hydrogens is 292 g/mol. The van der Waals surface area contributed by atoms with Crippen LogP contribution >= 0.6 is 0 Å². The molecule has 1 saturated heterocycles. The molecule has 2 heterocycles. The molecule has 0 saturated carbocycles. The van der Waals surface area contributed by atoms with Gasteiger partial charge in [-0.3, -0.25) is 4.79 Å². The van der Waals surface area contributed by atoms with Crippen LogP contribution in [0.2, 0.25) is 0 Å². The Balaban J connectivity index is 2.16. The first-order valence-corrected chi connectivity index (χ1v) is 8.94. The van der Waals surface area contributed by atoms with Crippen LogP contribution in [0.25, 0.3) is 0 Å². The van der Waals surface area contributed by atoms with E-state index in [1.165, 1.54) is 0 Å². The summed E-state index contributed by atoms with van der Waals surface area (Å²) in [6, 6.07) is -0.219. The summed E-state index contributed by atoms with van der Waals surface area (Å²) in [4.78, 5) is 18.3. The first-order chi connectivity index (χ1) is 9.94. The molecule has 1 aliphatic rings. The maximum Gasteiger partial charge on any atom is 0.238 e. The lowest BCUT2D eigenvalue weighted by Gasteiger charge is -2.35. The molecule has 0 radical (unpaired) electrons. The Bertz CT molecular complexity index is 596. The zero-order chi connectivity index (χ0) is 15.5. The molecule has 0 aliphatic carbocycles. The number of aromatic nitrogens is 2. The SMILES string of the molecule is CCCS(=O)(=O)CC(=O)N1CCNCC1c1nccn1C. The molecule has 21 heavy (non-hydrogen) atoms. The van der Waals surface area contributed by atoms with Crippen LogP contribution in [0.15, 0.2) is 12.4 Å². The molecule has 1 aliphatic heterocycles. The second kappa shape index (κ2) is 6.57. The monoisotopic (exact) mass is 314 g/mol. The summed E-state index contributed by atoms with van der Waals surface area (Å²) >= 11 is 0. The summed E-state index contributed by atoms with van der Waals surface area (Å²) in [5.74, 6) is 0.0704. The number of nitrogens with one attached hydrogen (secondary N) is 1. The minimum Gasteiger partial charge on any atom is -0.336 e. The van der Waals surface area contributed by atoms with Gasteiger partial charge in [0.15, 0.2) is 9.84 Å². The van der Waals surface area contributed by atoms with E-state index in [9.17, 15) is 13.2 Å². The number of carbonyl (C=O) groups is 1. The number of hydrogen-bond donors (Lipinski definition) is 1. The molecule has 0 bridgehead atoms. The molecule has 7 nitrogen and oxygen atoms in total. The number of aryl methyl sites for hydroxylation is 1. The van der Waals surface area contributed by atoms with Crippen molar-refractivity contribution in [3.8, 4) is 0 Å². The second-order valence-corrected chi connectivity index (χ2v) is 7.48. The number of carbonyl (C=O) groups excluding carboxylic acids is 1. The fraction of sp³-hybridized carbons (Fsp3) is 0.692. The zero-order valence-electron chi connectivity index (χ0n) is 12.4. The molecule has 1 atom stereocenters. The fourth-order valence-corrected chi connectivity index (χ4v) is 3.89. The third kappa shape index (κ3) is 3.82. The smallest absolute Gasteiger partial charge is 0.238 e. The van der Waals surface area contributed by atoms with Gasteiger partial charge in [0.2, 0.25) is 5.91 Å². The maximum atomic E-state index is 12.4. The molecule has 1 fully saturated rings. The highest BCUT2D eigenvalue weighted by molar-refractivity contribution is 7.92. The molecule has 1 N–H and O–H groups in total. The molecule has 0 spiro atoms. The van der Waals surface area contributed by atoms with Gasteiger partial charge in [0.25, 0.3) is 0 Å². The van der Waals surface area contributed by atoms with E-state index >= 15 is 0 Å². The highest BCUT2D eigenvalue weighted by atomic mass is 32.2. The van der Waals surface area contributed by atoms with Gasteiger partial charge in [0.1, 0.15) is 17.6 Å². The van der Waals surface area contributed by atoms with Crippen LogP contribution in [-0.2, 0) is 21.7 Å². The number of rotatable bonds is 5. The van der Waals surface area contributed by atoms with Gasteiger partial charge in [-0.15, -0.1) is 0 Å². The molecule has 8 heteroatoms. The Morgan fingerprint density at radius 3 is 2.90 bits per heavy atom. The summed E-state index contributed by atoms with van der Waals surface area (Å²) in [6.07, 6.45) is 4.03. The van der Waals surface area contributed by atoms with E-state index in [-0.39, 0.29) is 17.7 Å². The summed E-state index contributed by atoms with van der Waals surface area (Å²) < 4.78 is 25.6. The topological polar surface area (TPSA) is 84.3 Å². The van der Waals surface area contributed by atoms with Gasteiger partial charge in [0, 0.05) is 39.1 Å². The van der Waals surface area contributed by atoms with Crippen molar-refractivity contribution < 1.29 is 13.2 Å². The van der Waals surface area contributed by atoms with Crippen molar-refractivity contribution >= 4 is 15.7 Å². The molecule has 1 aromatic rings. The Hall–Kier alpha value is -1.41. The minimum absolute atomic E-state index is 0.0535. The van der Waals surface area contributed by atoms with Crippen molar-refractivity contribution in [1.29, 1.82) is 0 Å². The normalized spacial score (nSPS) is 19.7. The summed E-state index contributed by atoms with van der Waals surface area (Å²) in [5, 5.41) is 3.23. The van der Waals surface area contributed by atoms with Crippen LogP contribution in [0.1, 0.15) is 25.2 Å². The van der Waals surface area contributed by atoms with Gasteiger partial charge < -0.3 is 14.8 Å². The quantitative estimate of drug-likeness (QED) is 0.808. The van der Waals surface area contributed by atoms with Crippen molar-refractivity contribution in [2.45, 2.75) is 19.4 Å². The van der Waals surface area contributed by atoms with Crippen molar-refractivity contribution in [2.75, 3.05) is 31.1 Å². The van der Waals surface area contributed by atoms with Crippen LogP contribution in [0.4, 0.5) is 0 Å². The highest BCUT2D eigenvalue weighted by Gasteiger charge is 2.32. The van der Waals surface area contributed by atoms with Crippen molar-refractivity contribution in [3.05, 3.63) is 18.2 Å². The lowest BCUT2D eigenvalue weighted by Crippen LogP contribution is -2.51. The number of sulfone groups is 1. The fourth-order valence-electron chi connectivity index (χ4n) is 2.59. The van der Waals surface area contributed by atoms with E-state index in [0.717, 1.165) is 5.82 Å². The number of imidazole rings is 1. The number of amides is 1. The predicted molar refractivity (Wildman–Crippen MR) is 79.5 cm³/mol. The first-order valence-electron chi connectivity index (χ1n) is 7.12. The van der Waals surface area contributed by atoms with E-state index in [1.807, 2.05) is 17.8 Å². The molecule has 1 unspecified atom stereocenters. The lowest BCUT2D eigenvalue weighted by molar-refractivity contribution is -0.132. The van der Waals surface area contributed by atoms with E-state index < -0.39 is 15.6 Å². The molecule has 0 aromatic carbocycles. The zero-order valence-corrected chi connectivity index (χ0v) is 13.3.